The number of furan rings is 1. The minimum absolute atomic E-state index is 0.0571. The van der Waals surface area contributed by atoms with Gasteiger partial charge in [-0.3, -0.25) is 4.79 Å². The molecule has 0 spiro atoms. The molecular weight excluding hydrogens is 304 g/mol. The Kier molecular flexibility index (Phi) is 3.98. The normalized spacial score (nSPS) is 18.4. The highest BCUT2D eigenvalue weighted by molar-refractivity contribution is 7.09. The summed E-state index contributed by atoms with van der Waals surface area (Å²) in [6, 6.07) is 2.67. The number of rotatable bonds is 3. The van der Waals surface area contributed by atoms with Gasteiger partial charge in [-0.2, -0.15) is 0 Å². The van der Waals surface area contributed by atoms with Gasteiger partial charge in [0.05, 0.1) is 6.04 Å². The predicted molar refractivity (Wildman–Crippen MR) is 80.1 cm³/mol. The lowest BCUT2D eigenvalue weighted by molar-refractivity contribution is 0.0568. The van der Waals surface area contributed by atoms with E-state index in [0.29, 0.717) is 6.54 Å². The number of piperidine rings is 1. The fraction of sp³-hybridized carbons (Fsp3) is 0.400. The number of thiazole rings is 1. The van der Waals surface area contributed by atoms with Gasteiger partial charge in [0, 0.05) is 17.6 Å². The molecule has 1 N–H and O–H groups in total. The average Bonchev–Trinajstić information content (AvgIpc) is 3.15. The third kappa shape index (κ3) is 2.76. The van der Waals surface area contributed by atoms with Crippen LogP contribution >= 0.6 is 11.3 Å². The number of aromatic carboxylic acids is 1. The summed E-state index contributed by atoms with van der Waals surface area (Å²) in [5.74, 6) is -1.60. The van der Waals surface area contributed by atoms with Crippen LogP contribution < -0.4 is 0 Å². The molecule has 1 fully saturated rings. The zero-order valence-corrected chi connectivity index (χ0v) is 12.9. The van der Waals surface area contributed by atoms with Crippen LogP contribution in [0.5, 0.6) is 0 Å². The molecule has 1 saturated heterocycles. The second-order valence-electron chi connectivity index (χ2n) is 5.31. The highest BCUT2D eigenvalue weighted by Gasteiger charge is 2.32. The lowest BCUT2D eigenvalue weighted by atomic mass is 10.0. The summed E-state index contributed by atoms with van der Waals surface area (Å²) < 4.78 is 5.14. The zero-order chi connectivity index (χ0) is 15.7. The molecule has 6 nitrogen and oxygen atoms in total. The van der Waals surface area contributed by atoms with Crippen molar-refractivity contribution in [1.29, 1.82) is 0 Å². The van der Waals surface area contributed by atoms with Crippen LogP contribution in [0.1, 0.15) is 57.1 Å². The Morgan fingerprint density at radius 2 is 2.14 bits per heavy atom. The Morgan fingerprint density at radius 1 is 1.36 bits per heavy atom. The van der Waals surface area contributed by atoms with Gasteiger partial charge in [0.15, 0.2) is 5.76 Å². The number of hydrogen-bond donors (Lipinski definition) is 1. The lowest BCUT2D eigenvalue weighted by Crippen LogP contribution is -2.38. The van der Waals surface area contributed by atoms with E-state index in [1.807, 2.05) is 12.3 Å². The Morgan fingerprint density at radius 3 is 2.77 bits per heavy atom. The zero-order valence-electron chi connectivity index (χ0n) is 12.1. The number of nitrogens with zero attached hydrogens (tertiary/aromatic N) is 2. The number of likely N-dealkylation sites (tertiary alicyclic amines) is 1. The van der Waals surface area contributed by atoms with Crippen molar-refractivity contribution in [3.05, 3.63) is 39.7 Å². The van der Waals surface area contributed by atoms with Gasteiger partial charge in [0.25, 0.3) is 5.91 Å². The summed E-state index contributed by atoms with van der Waals surface area (Å²) in [4.78, 5) is 29.8. The van der Waals surface area contributed by atoms with Crippen LogP contribution in [0.2, 0.25) is 0 Å². The number of aromatic nitrogens is 1. The van der Waals surface area contributed by atoms with E-state index in [2.05, 4.69) is 4.98 Å². The second kappa shape index (κ2) is 5.92. The Hall–Kier alpha value is -2.15. The number of carboxylic acids is 1. The third-order valence-electron chi connectivity index (χ3n) is 3.71. The summed E-state index contributed by atoms with van der Waals surface area (Å²) in [5, 5.41) is 11.8. The predicted octanol–water partition coefficient (Wildman–Crippen LogP) is 3.11. The van der Waals surface area contributed by atoms with E-state index in [9.17, 15) is 9.59 Å². The number of amides is 1. The topological polar surface area (TPSA) is 83.6 Å². The van der Waals surface area contributed by atoms with Crippen LogP contribution in [0, 0.1) is 6.92 Å². The number of carbonyl (C=O) groups is 2. The summed E-state index contributed by atoms with van der Waals surface area (Å²) in [5.41, 5.74) is 0.948. The van der Waals surface area contributed by atoms with Gasteiger partial charge in [0.1, 0.15) is 5.01 Å². The van der Waals surface area contributed by atoms with Crippen molar-refractivity contribution in [2.24, 2.45) is 0 Å². The first-order valence-corrected chi connectivity index (χ1v) is 8.00. The maximum Gasteiger partial charge on any atom is 0.371 e. The molecule has 3 heterocycles. The van der Waals surface area contributed by atoms with E-state index in [0.717, 1.165) is 30.0 Å². The van der Waals surface area contributed by atoms with E-state index in [1.54, 1.807) is 16.2 Å². The highest BCUT2D eigenvalue weighted by Crippen LogP contribution is 2.33. The van der Waals surface area contributed by atoms with Gasteiger partial charge in [-0.05, 0) is 38.3 Å². The molecule has 116 valence electrons. The largest absolute Gasteiger partial charge is 0.475 e. The fourth-order valence-corrected chi connectivity index (χ4v) is 3.61. The van der Waals surface area contributed by atoms with Crippen molar-refractivity contribution in [2.75, 3.05) is 6.54 Å². The molecule has 0 bridgehead atoms. The number of carboxylic acid groups (broad SMARTS) is 1. The number of aryl methyl sites for hydroxylation is 1. The fourth-order valence-electron chi connectivity index (χ4n) is 2.67. The molecule has 1 atom stereocenters. The van der Waals surface area contributed by atoms with Gasteiger partial charge >= 0.3 is 5.97 Å². The molecule has 0 aliphatic carbocycles. The quantitative estimate of drug-likeness (QED) is 0.939. The summed E-state index contributed by atoms with van der Waals surface area (Å²) in [7, 11) is 0. The molecule has 1 unspecified atom stereocenters. The lowest BCUT2D eigenvalue weighted by Gasteiger charge is -2.33. The van der Waals surface area contributed by atoms with Crippen LogP contribution in [0.25, 0.3) is 0 Å². The third-order valence-corrected chi connectivity index (χ3v) is 4.78. The molecule has 1 amide bonds. The van der Waals surface area contributed by atoms with E-state index < -0.39 is 5.97 Å². The molecular formula is C15H16N2O4S. The standard InChI is InChI=1S/C15H16N2O4S/c1-9-8-22-13(16-9)10-4-2-3-7-17(10)14(18)11-5-6-12(21-11)15(19)20/h5-6,8,10H,2-4,7H2,1H3,(H,19,20). The molecule has 2 aromatic rings. The molecule has 0 radical (unpaired) electrons. The molecule has 7 heteroatoms. The average molecular weight is 320 g/mol. The van der Waals surface area contributed by atoms with Gasteiger partial charge < -0.3 is 14.4 Å². The van der Waals surface area contributed by atoms with E-state index in [-0.39, 0.29) is 23.5 Å². The SMILES string of the molecule is Cc1csc(C2CCCCN2C(=O)c2ccc(C(=O)O)o2)n1. The molecule has 1 aliphatic rings. The minimum atomic E-state index is -1.18. The highest BCUT2D eigenvalue weighted by atomic mass is 32.1. The van der Waals surface area contributed by atoms with Gasteiger partial charge in [-0.1, -0.05) is 0 Å². The maximum absolute atomic E-state index is 12.6. The van der Waals surface area contributed by atoms with Crippen molar-refractivity contribution in [1.82, 2.24) is 9.88 Å². The van der Waals surface area contributed by atoms with Crippen molar-refractivity contribution in [3.63, 3.8) is 0 Å². The molecule has 0 saturated carbocycles. The van der Waals surface area contributed by atoms with Crippen molar-refractivity contribution in [3.8, 4) is 0 Å². The van der Waals surface area contributed by atoms with E-state index in [1.165, 1.54) is 12.1 Å². The Balaban J connectivity index is 1.86. The van der Waals surface area contributed by atoms with E-state index in [4.69, 9.17) is 9.52 Å². The minimum Gasteiger partial charge on any atom is -0.475 e. The summed E-state index contributed by atoms with van der Waals surface area (Å²) in [6.45, 7) is 2.56. The van der Waals surface area contributed by atoms with Crippen molar-refractivity contribution < 1.29 is 19.1 Å². The first-order valence-electron chi connectivity index (χ1n) is 7.12. The smallest absolute Gasteiger partial charge is 0.371 e. The van der Waals surface area contributed by atoms with Crippen molar-refractivity contribution in [2.45, 2.75) is 32.2 Å². The van der Waals surface area contributed by atoms with Gasteiger partial charge in [-0.15, -0.1) is 11.3 Å². The monoisotopic (exact) mass is 320 g/mol. The van der Waals surface area contributed by atoms with Gasteiger partial charge in [0.2, 0.25) is 5.76 Å². The number of hydrogen-bond acceptors (Lipinski definition) is 5. The van der Waals surface area contributed by atoms with Crippen LogP contribution in [0.15, 0.2) is 21.9 Å². The van der Waals surface area contributed by atoms with Crippen LogP contribution in [0.4, 0.5) is 0 Å². The van der Waals surface area contributed by atoms with E-state index >= 15 is 0 Å². The van der Waals surface area contributed by atoms with Gasteiger partial charge in [-0.25, -0.2) is 9.78 Å². The van der Waals surface area contributed by atoms with Crippen molar-refractivity contribution >= 4 is 23.2 Å². The molecule has 3 rings (SSSR count). The van der Waals surface area contributed by atoms with Crippen LogP contribution in [0.3, 0.4) is 0 Å². The molecule has 22 heavy (non-hydrogen) atoms. The second-order valence-corrected chi connectivity index (χ2v) is 6.20. The Labute approximate surface area is 131 Å². The summed E-state index contributed by atoms with van der Waals surface area (Å²) in [6.07, 6.45) is 2.84. The van der Waals surface area contributed by atoms with Crippen LogP contribution in [-0.2, 0) is 0 Å². The molecule has 2 aromatic heterocycles. The maximum atomic E-state index is 12.6. The summed E-state index contributed by atoms with van der Waals surface area (Å²) >= 11 is 1.55. The molecule has 1 aliphatic heterocycles. The van der Waals surface area contributed by atoms with Crippen LogP contribution in [-0.4, -0.2) is 33.4 Å². The molecule has 0 aromatic carbocycles. The number of carbonyl (C=O) groups excluding carboxylic acids is 1. The first kappa shape index (κ1) is 14.8. The Bertz CT molecular complexity index is 706. The first-order chi connectivity index (χ1) is 10.6.